The number of nitrogens with one attached hydrogen (secondary N) is 3. The second-order valence-electron chi connectivity index (χ2n) is 16.5. The van der Waals surface area contributed by atoms with Crippen molar-refractivity contribution in [3.8, 4) is 0 Å². The third-order valence-corrected chi connectivity index (χ3v) is 11.8. The smallest absolute Gasteiger partial charge is 0.217 e. The van der Waals surface area contributed by atoms with Crippen LogP contribution in [-0.2, 0) is 57.0 Å². The van der Waals surface area contributed by atoms with E-state index in [2.05, 4.69) is 16.0 Å². The summed E-state index contributed by atoms with van der Waals surface area (Å²) in [6.45, 7) is 0.717. The molecule has 5 fully saturated rings. The average Bonchev–Trinajstić information content (AvgIpc) is 3.26. The molecular weight excluding hydrogens is 886 g/mol. The summed E-state index contributed by atoms with van der Waals surface area (Å²) in [7, 11) is 0. The van der Waals surface area contributed by atoms with Crippen molar-refractivity contribution in [2.45, 2.75) is 181 Å². The fourth-order valence-electron chi connectivity index (χ4n) is 8.37. The second kappa shape index (κ2) is 23.2. The number of aliphatic hydroxyl groups is 13. The van der Waals surface area contributed by atoms with Gasteiger partial charge in [-0.3, -0.25) is 14.4 Å². The first-order chi connectivity index (χ1) is 30.7. The number of carbonyl (C=O) groups excluding carboxylic acids is 3. The van der Waals surface area contributed by atoms with Gasteiger partial charge in [0.15, 0.2) is 25.2 Å². The van der Waals surface area contributed by atoms with Gasteiger partial charge in [0.25, 0.3) is 0 Å². The van der Waals surface area contributed by atoms with E-state index in [-0.39, 0.29) is 0 Å². The number of amides is 3. The van der Waals surface area contributed by atoms with Crippen molar-refractivity contribution < 1.29 is 123 Å². The summed E-state index contributed by atoms with van der Waals surface area (Å²) in [6, 6.07) is -4.17. The fraction of sp³-hybridized carbons (Fsp3) is 0.919. The van der Waals surface area contributed by atoms with Gasteiger partial charge in [0.1, 0.15) is 116 Å². The molecule has 0 aliphatic carbocycles. The molecule has 0 spiro atoms. The molecule has 5 heterocycles. The number of hydrogen-bond donors (Lipinski definition) is 16. The summed E-state index contributed by atoms with van der Waals surface area (Å²) in [5.41, 5.74) is 0. The van der Waals surface area contributed by atoms with Gasteiger partial charge in [-0.05, 0) is 6.92 Å². The standard InChI is InChI=1S/C37H63N3O25/c1-10-19(38-11(2)45)26(52)31(16(7-43)58-10)63-35-21(40-13(4)47)27(53)32(17(8-44)61-35)64-36-30(56)28(54)24(50)18(62-36)9-57-37-33(29(55)23(49)15(6-42)60-37)65-34-20(39-12(3)46)25(51)22(48)14(5-41)59-34/h10,14-37,41-44,48-56H,5-9H2,1-4H3,(H,38,45)(H,39,46)(H,40,47)/t10-,14-,15?,16?,17?,18?,19?,20?,21?,22+,23+,24+,25?,26+,27+,28-,29-,30?,31+,32+,33?,34-,35-,36-,37-/m0/s1. The molecule has 376 valence electrons. The zero-order chi connectivity index (χ0) is 48.2. The molecule has 0 bridgehead atoms. The summed E-state index contributed by atoms with van der Waals surface area (Å²) >= 11 is 0. The molecule has 0 saturated carbocycles. The molecule has 16 N–H and O–H groups in total. The van der Waals surface area contributed by atoms with E-state index in [1.165, 1.54) is 13.8 Å². The van der Waals surface area contributed by atoms with Crippen molar-refractivity contribution >= 4 is 17.7 Å². The molecule has 5 aliphatic rings. The Morgan fingerprint density at radius 3 is 1.32 bits per heavy atom. The first kappa shape index (κ1) is 53.5. The van der Waals surface area contributed by atoms with Crippen LogP contribution in [0.15, 0.2) is 0 Å². The van der Waals surface area contributed by atoms with Gasteiger partial charge < -0.3 is 125 Å². The number of aliphatic hydroxyl groups excluding tert-OH is 13. The van der Waals surface area contributed by atoms with E-state index in [4.69, 9.17) is 42.6 Å². The summed E-state index contributed by atoms with van der Waals surface area (Å²) in [5.74, 6) is -1.98. The molecule has 5 saturated heterocycles. The molecule has 0 aromatic rings. The van der Waals surface area contributed by atoms with Gasteiger partial charge in [-0.2, -0.15) is 0 Å². The predicted octanol–water partition coefficient (Wildman–Crippen LogP) is -10.4. The summed E-state index contributed by atoms with van der Waals surface area (Å²) in [4.78, 5) is 36.3. The van der Waals surface area contributed by atoms with Crippen LogP contribution in [0.3, 0.4) is 0 Å². The Hall–Kier alpha value is -2.47. The van der Waals surface area contributed by atoms with Crippen LogP contribution in [0.1, 0.15) is 27.7 Å². The highest BCUT2D eigenvalue weighted by Crippen LogP contribution is 2.34. The van der Waals surface area contributed by atoms with Crippen LogP contribution in [-0.4, -0.2) is 270 Å². The van der Waals surface area contributed by atoms with Gasteiger partial charge in [-0.15, -0.1) is 0 Å². The van der Waals surface area contributed by atoms with E-state index in [1.54, 1.807) is 0 Å². The SMILES string of the molecule is CC(=O)NC1C(O)[C@H](O)[C@H](CO)O[C@H]1OC1[C@@H](OCC2O[C@@H](O[C@@H]3C(CO)O[C@@H](O[C@@H]4C(CO)O[C@@H](C)C(NC(C)=O)[C@H]4O)C(NC(C)=O)[C@H]3O)C(O)[C@@H](O)[C@@H]2O)OC(CO)[C@@H](O)[C@@H]1O. The van der Waals surface area contributed by atoms with Gasteiger partial charge in [-0.1, -0.05) is 0 Å². The van der Waals surface area contributed by atoms with Crippen LogP contribution in [0, 0.1) is 0 Å². The third kappa shape index (κ3) is 12.0. The summed E-state index contributed by atoms with van der Waals surface area (Å²) < 4.78 is 52.2. The molecule has 0 radical (unpaired) electrons. The minimum Gasteiger partial charge on any atom is -0.394 e. The fourth-order valence-corrected chi connectivity index (χ4v) is 8.37. The Morgan fingerprint density at radius 2 is 0.800 bits per heavy atom. The average molecular weight is 950 g/mol. The largest absolute Gasteiger partial charge is 0.394 e. The molecule has 65 heavy (non-hydrogen) atoms. The van der Waals surface area contributed by atoms with E-state index in [9.17, 15) is 80.8 Å². The van der Waals surface area contributed by atoms with Crippen molar-refractivity contribution in [3.63, 3.8) is 0 Å². The quantitative estimate of drug-likeness (QED) is 0.0683. The molecule has 5 aliphatic heterocycles. The maximum absolute atomic E-state index is 12.4. The summed E-state index contributed by atoms with van der Waals surface area (Å²) in [5, 5.41) is 146. The van der Waals surface area contributed by atoms with Crippen LogP contribution in [0.5, 0.6) is 0 Å². The normalized spacial score (nSPS) is 47.1. The third-order valence-electron chi connectivity index (χ3n) is 11.8. The van der Waals surface area contributed by atoms with Gasteiger partial charge in [0.2, 0.25) is 17.7 Å². The highest BCUT2D eigenvalue weighted by molar-refractivity contribution is 5.74. The molecule has 25 atom stereocenters. The van der Waals surface area contributed by atoms with Gasteiger partial charge in [-0.25, -0.2) is 0 Å². The lowest BCUT2D eigenvalue weighted by Crippen LogP contribution is -2.70. The predicted molar refractivity (Wildman–Crippen MR) is 205 cm³/mol. The number of rotatable bonds is 16. The monoisotopic (exact) mass is 949 g/mol. The Balaban J connectivity index is 1.34. The van der Waals surface area contributed by atoms with Gasteiger partial charge >= 0.3 is 0 Å². The van der Waals surface area contributed by atoms with Crippen molar-refractivity contribution in [2.24, 2.45) is 0 Å². The molecule has 28 nitrogen and oxygen atoms in total. The summed E-state index contributed by atoms with van der Waals surface area (Å²) in [6.07, 6.45) is -37.5. The van der Waals surface area contributed by atoms with Crippen molar-refractivity contribution in [3.05, 3.63) is 0 Å². The molecule has 28 heteroatoms. The van der Waals surface area contributed by atoms with E-state index in [1.807, 2.05) is 0 Å². The van der Waals surface area contributed by atoms with Crippen LogP contribution < -0.4 is 16.0 Å². The lowest BCUT2D eigenvalue weighted by molar-refractivity contribution is -0.372. The number of carbonyl (C=O) groups is 3. The Bertz CT molecular complexity index is 1560. The molecule has 3 amide bonds. The van der Waals surface area contributed by atoms with Crippen LogP contribution in [0.2, 0.25) is 0 Å². The van der Waals surface area contributed by atoms with Crippen LogP contribution >= 0.6 is 0 Å². The topological polar surface area (TPSA) is 433 Å². The van der Waals surface area contributed by atoms with E-state index in [0.29, 0.717) is 0 Å². The maximum atomic E-state index is 12.4. The van der Waals surface area contributed by atoms with Crippen molar-refractivity contribution in [1.82, 2.24) is 16.0 Å². The van der Waals surface area contributed by atoms with Gasteiger partial charge in [0, 0.05) is 20.8 Å². The van der Waals surface area contributed by atoms with Gasteiger partial charge in [0.05, 0.1) is 45.2 Å². The van der Waals surface area contributed by atoms with Crippen LogP contribution in [0.25, 0.3) is 0 Å². The van der Waals surface area contributed by atoms with Crippen LogP contribution in [0.4, 0.5) is 0 Å². The molecule has 0 aromatic heterocycles. The lowest BCUT2D eigenvalue weighted by Gasteiger charge is -2.49. The van der Waals surface area contributed by atoms with Crippen molar-refractivity contribution in [1.29, 1.82) is 0 Å². The Morgan fingerprint density at radius 1 is 0.415 bits per heavy atom. The minimum absolute atomic E-state index is 0.524. The van der Waals surface area contributed by atoms with E-state index < -0.39 is 204 Å². The maximum Gasteiger partial charge on any atom is 0.217 e. The first-order valence-corrected chi connectivity index (χ1v) is 20.9. The van der Waals surface area contributed by atoms with E-state index in [0.717, 1.165) is 13.8 Å². The Labute approximate surface area is 370 Å². The first-order valence-electron chi connectivity index (χ1n) is 20.9. The number of ether oxygens (including phenoxy) is 9. The minimum atomic E-state index is -2.08. The zero-order valence-electron chi connectivity index (χ0n) is 35.7. The second-order valence-corrected chi connectivity index (χ2v) is 16.5. The highest BCUT2D eigenvalue weighted by Gasteiger charge is 2.56. The molecule has 5 rings (SSSR count). The zero-order valence-corrected chi connectivity index (χ0v) is 35.7. The molecular formula is C37H63N3O25. The Kier molecular flexibility index (Phi) is 19.1. The highest BCUT2D eigenvalue weighted by atomic mass is 16.8. The van der Waals surface area contributed by atoms with Crippen molar-refractivity contribution in [2.75, 3.05) is 33.0 Å². The molecule has 0 aromatic carbocycles. The lowest BCUT2D eigenvalue weighted by atomic mass is 9.92. The molecule has 10 unspecified atom stereocenters. The number of hydrogen-bond acceptors (Lipinski definition) is 25. The van der Waals surface area contributed by atoms with E-state index >= 15 is 0 Å².